The predicted molar refractivity (Wildman–Crippen MR) is 216 cm³/mol. The number of carbonyl (C=O) groups excluding carboxylic acids is 1. The second-order valence-corrected chi connectivity index (χ2v) is 16.8. The minimum Gasteiger partial charge on any atom is -0.493 e. The molecular formula is C47H63ClO5. The zero-order valence-corrected chi connectivity index (χ0v) is 33.8. The first-order valence-electron chi connectivity index (χ1n) is 20.8. The molecule has 0 aliphatic heterocycles. The van der Waals surface area contributed by atoms with Crippen molar-refractivity contribution in [1.82, 2.24) is 0 Å². The molecule has 0 radical (unpaired) electrons. The van der Waals surface area contributed by atoms with Crippen molar-refractivity contribution < 1.29 is 23.7 Å². The van der Waals surface area contributed by atoms with Gasteiger partial charge in [0.25, 0.3) is 0 Å². The molecule has 3 aliphatic carbocycles. The van der Waals surface area contributed by atoms with Gasteiger partial charge in [0.15, 0.2) is 0 Å². The number of esters is 1. The Morgan fingerprint density at radius 3 is 2.51 bits per heavy atom. The Morgan fingerprint density at radius 2 is 1.68 bits per heavy atom. The number of benzene rings is 3. The van der Waals surface area contributed by atoms with Crippen LogP contribution in [-0.2, 0) is 22.4 Å². The molecule has 0 aromatic heterocycles. The fourth-order valence-electron chi connectivity index (χ4n) is 9.54. The topological polar surface area (TPSA) is 54.0 Å². The van der Waals surface area contributed by atoms with Gasteiger partial charge in [-0.15, -0.1) is 0 Å². The summed E-state index contributed by atoms with van der Waals surface area (Å²) in [5.41, 5.74) is 7.39. The maximum absolute atomic E-state index is 12.2. The van der Waals surface area contributed by atoms with Crippen molar-refractivity contribution in [3.05, 3.63) is 75.8 Å². The van der Waals surface area contributed by atoms with Crippen LogP contribution in [-0.4, -0.2) is 26.3 Å². The Morgan fingerprint density at radius 1 is 0.849 bits per heavy atom. The zero-order chi connectivity index (χ0) is 37.3. The number of unbranched alkanes of at least 4 members (excludes halogenated alkanes) is 2. The van der Waals surface area contributed by atoms with Gasteiger partial charge in [-0.05, 0) is 134 Å². The van der Waals surface area contributed by atoms with E-state index in [0.717, 1.165) is 99.2 Å². The minimum absolute atomic E-state index is 0.00966. The highest BCUT2D eigenvalue weighted by Gasteiger charge is 2.30. The van der Waals surface area contributed by atoms with Crippen LogP contribution in [0.2, 0.25) is 5.02 Å². The fourth-order valence-corrected chi connectivity index (χ4v) is 9.77. The van der Waals surface area contributed by atoms with E-state index in [1.165, 1.54) is 73.5 Å². The molecule has 0 saturated heterocycles. The molecule has 6 atom stereocenters. The van der Waals surface area contributed by atoms with Crippen molar-refractivity contribution in [1.29, 1.82) is 0 Å². The van der Waals surface area contributed by atoms with Gasteiger partial charge in [0.1, 0.15) is 23.4 Å². The molecule has 53 heavy (non-hydrogen) atoms. The monoisotopic (exact) mass is 742 g/mol. The van der Waals surface area contributed by atoms with E-state index in [0.29, 0.717) is 23.3 Å². The number of rotatable bonds is 15. The van der Waals surface area contributed by atoms with E-state index in [-0.39, 0.29) is 18.0 Å². The number of methoxy groups -OCH3 is 1. The molecule has 5 nitrogen and oxygen atoms in total. The molecule has 3 aliphatic rings. The van der Waals surface area contributed by atoms with Crippen LogP contribution in [0.4, 0.5) is 0 Å². The molecule has 0 heterocycles. The molecule has 6 heteroatoms. The quantitative estimate of drug-likeness (QED) is 0.0881. The number of halogens is 1. The van der Waals surface area contributed by atoms with Crippen LogP contribution in [0, 0.1) is 36.5 Å². The molecule has 0 amide bonds. The van der Waals surface area contributed by atoms with E-state index in [9.17, 15) is 4.79 Å². The summed E-state index contributed by atoms with van der Waals surface area (Å²) in [6.07, 6.45) is 16.8. The first kappa shape index (κ1) is 39.5. The Hall–Kier alpha value is -3.18. The van der Waals surface area contributed by atoms with E-state index in [1.54, 1.807) is 0 Å². The Bertz CT molecular complexity index is 1670. The first-order valence-corrected chi connectivity index (χ1v) is 21.2. The van der Waals surface area contributed by atoms with Gasteiger partial charge in [0, 0.05) is 6.07 Å². The lowest BCUT2D eigenvalue weighted by atomic mass is 9.73. The summed E-state index contributed by atoms with van der Waals surface area (Å²) in [5, 5.41) is 0.618. The van der Waals surface area contributed by atoms with E-state index >= 15 is 0 Å². The van der Waals surface area contributed by atoms with E-state index in [4.69, 9.17) is 30.5 Å². The van der Waals surface area contributed by atoms with Crippen molar-refractivity contribution in [2.45, 2.75) is 130 Å². The number of hydrogen-bond donors (Lipinski definition) is 0. The lowest BCUT2D eigenvalue weighted by Gasteiger charge is -2.32. The highest BCUT2D eigenvalue weighted by molar-refractivity contribution is 6.32. The van der Waals surface area contributed by atoms with Crippen molar-refractivity contribution in [2.75, 3.05) is 20.3 Å². The normalized spacial score (nSPS) is 24.3. The van der Waals surface area contributed by atoms with Gasteiger partial charge in [-0.2, -0.15) is 0 Å². The van der Waals surface area contributed by atoms with Crippen molar-refractivity contribution >= 4 is 17.6 Å². The van der Waals surface area contributed by atoms with Gasteiger partial charge >= 0.3 is 5.97 Å². The average Bonchev–Trinajstić information content (AvgIpc) is 3.42. The lowest BCUT2D eigenvalue weighted by Crippen LogP contribution is -2.21. The third kappa shape index (κ3) is 9.93. The van der Waals surface area contributed by atoms with E-state index in [1.807, 2.05) is 19.1 Å². The van der Waals surface area contributed by atoms with Crippen LogP contribution in [0.25, 0.3) is 11.1 Å². The highest BCUT2D eigenvalue weighted by atomic mass is 35.5. The SMILES string of the molecule is CCOc1cc(O[C@H]2CCc3c(-c4cccc(OCCCCCC5C[C@H](C)CC[C@H]5C)c4C)cccc32)c(Cl)cc1CC1CCCC(C(=O)OC)CC1. The molecule has 3 unspecified atom stereocenters. The zero-order valence-electron chi connectivity index (χ0n) is 33.0. The molecule has 3 aromatic carbocycles. The maximum atomic E-state index is 12.2. The standard InChI is InChI=1S/C47H63ClO5/c1-6-51-45-30-46(42(48)29-37(45)28-34-13-10-15-35(23-22-34)47(49)50-5)53-44-25-24-40-39(17-11-18-41(40)44)38-16-12-19-43(33(38)4)52-26-9-7-8-14-36-27-31(2)20-21-32(36)3/h11-12,16-19,29-32,34-36,44H,6-10,13-15,20-28H2,1-5H3/t31-,32-,34?,35?,36?,44+/m1/s1. The third-order valence-electron chi connectivity index (χ3n) is 12.7. The van der Waals surface area contributed by atoms with Gasteiger partial charge in [-0.25, -0.2) is 0 Å². The molecule has 2 saturated carbocycles. The minimum atomic E-state index is -0.0839. The van der Waals surface area contributed by atoms with Crippen molar-refractivity contribution in [3.63, 3.8) is 0 Å². The number of carbonyl (C=O) groups is 1. The summed E-state index contributed by atoms with van der Waals surface area (Å²) in [5.74, 6) is 5.61. The van der Waals surface area contributed by atoms with Crippen LogP contribution in [0.5, 0.6) is 17.2 Å². The number of fused-ring (bicyclic) bond motifs is 1. The summed E-state index contributed by atoms with van der Waals surface area (Å²) in [6, 6.07) is 17.1. The van der Waals surface area contributed by atoms with Gasteiger partial charge in [-0.3, -0.25) is 4.79 Å². The summed E-state index contributed by atoms with van der Waals surface area (Å²) >= 11 is 6.97. The summed E-state index contributed by atoms with van der Waals surface area (Å²) < 4.78 is 24.3. The Labute approximate surface area is 324 Å². The largest absolute Gasteiger partial charge is 0.493 e. The smallest absolute Gasteiger partial charge is 0.308 e. The molecule has 2 fully saturated rings. The van der Waals surface area contributed by atoms with Crippen LogP contribution in [0.15, 0.2) is 48.5 Å². The molecule has 6 rings (SSSR count). The van der Waals surface area contributed by atoms with E-state index < -0.39 is 0 Å². The summed E-state index contributed by atoms with van der Waals surface area (Å²) in [4.78, 5) is 12.2. The second kappa shape index (κ2) is 18.9. The number of hydrogen-bond acceptors (Lipinski definition) is 5. The maximum Gasteiger partial charge on any atom is 0.308 e. The van der Waals surface area contributed by atoms with Crippen LogP contribution >= 0.6 is 11.6 Å². The van der Waals surface area contributed by atoms with Crippen LogP contribution in [0.1, 0.15) is 133 Å². The summed E-state index contributed by atoms with van der Waals surface area (Å²) in [6.45, 7) is 10.4. The van der Waals surface area contributed by atoms with E-state index in [2.05, 4.69) is 57.2 Å². The molecule has 0 spiro atoms. The summed E-state index contributed by atoms with van der Waals surface area (Å²) in [7, 11) is 1.49. The lowest BCUT2D eigenvalue weighted by molar-refractivity contribution is -0.145. The number of ether oxygens (including phenoxy) is 4. The average molecular weight is 743 g/mol. The van der Waals surface area contributed by atoms with Crippen molar-refractivity contribution in [2.24, 2.45) is 29.6 Å². The molecule has 0 bridgehead atoms. The molecule has 288 valence electrons. The molecule has 3 aromatic rings. The van der Waals surface area contributed by atoms with Crippen LogP contribution in [0.3, 0.4) is 0 Å². The van der Waals surface area contributed by atoms with Gasteiger partial charge < -0.3 is 18.9 Å². The van der Waals surface area contributed by atoms with Crippen molar-refractivity contribution in [3.8, 4) is 28.4 Å². The predicted octanol–water partition coefficient (Wildman–Crippen LogP) is 12.7. The van der Waals surface area contributed by atoms with Gasteiger partial charge in [0.2, 0.25) is 0 Å². The van der Waals surface area contributed by atoms with Gasteiger partial charge in [-0.1, -0.05) is 101 Å². The third-order valence-corrected chi connectivity index (χ3v) is 13.0. The second-order valence-electron chi connectivity index (χ2n) is 16.4. The van der Waals surface area contributed by atoms with Gasteiger partial charge in [0.05, 0.1) is 31.3 Å². The molecular weight excluding hydrogens is 680 g/mol. The Kier molecular flexibility index (Phi) is 14.1. The first-order chi connectivity index (χ1) is 25.7. The fraction of sp³-hybridized carbons (Fsp3) is 0.596. The highest BCUT2D eigenvalue weighted by Crippen LogP contribution is 2.45. The van der Waals surface area contributed by atoms with Crippen LogP contribution < -0.4 is 14.2 Å². The molecule has 0 N–H and O–H groups in total. The Balaban J connectivity index is 1.08.